The zero-order chi connectivity index (χ0) is 38.2. The van der Waals surface area contributed by atoms with E-state index < -0.39 is 0 Å². The first kappa shape index (κ1) is 40.9. The number of terminal acetylenes is 1. The number of H-pyrrole nitrogens is 1. The Kier molecular flexibility index (Phi) is 16.0. The molecule has 1 aliphatic rings. The van der Waals surface area contributed by atoms with Gasteiger partial charge in [-0.3, -0.25) is 0 Å². The van der Waals surface area contributed by atoms with Crippen molar-refractivity contribution < 1.29 is 0 Å². The maximum atomic E-state index is 4.00. The van der Waals surface area contributed by atoms with Gasteiger partial charge >= 0.3 is 0 Å². The molecule has 1 nitrogen and oxygen atoms in total. The molecule has 1 heterocycles. The van der Waals surface area contributed by atoms with E-state index in [-0.39, 0.29) is 0 Å². The minimum absolute atomic E-state index is 0.409. The second kappa shape index (κ2) is 20.3. The van der Waals surface area contributed by atoms with E-state index >= 15 is 0 Å². The monoisotopic (exact) mass is 683 g/mol. The van der Waals surface area contributed by atoms with Crippen LogP contribution in [0.5, 0.6) is 0 Å². The number of hydrogen-bond donors (Lipinski definition) is 1. The average Bonchev–Trinajstić information content (AvgIpc) is 3.60. The van der Waals surface area contributed by atoms with Crippen LogP contribution in [0.3, 0.4) is 0 Å². The van der Waals surface area contributed by atoms with Gasteiger partial charge in [-0.05, 0) is 140 Å². The second-order valence-electron chi connectivity index (χ2n) is 12.7. The summed E-state index contributed by atoms with van der Waals surface area (Å²) in [6.07, 6.45) is 30.5. The van der Waals surface area contributed by atoms with Crippen molar-refractivity contribution in [2.45, 2.75) is 75.7 Å². The summed E-state index contributed by atoms with van der Waals surface area (Å²) in [4.78, 5) is 3.75. The molecule has 1 atom stereocenters. The third-order valence-electron chi connectivity index (χ3n) is 9.25. The lowest BCUT2D eigenvalue weighted by molar-refractivity contribution is 0.986. The number of aryl methyl sites for hydroxylation is 4. The summed E-state index contributed by atoms with van der Waals surface area (Å²) in [7, 11) is 0. The van der Waals surface area contributed by atoms with E-state index in [4.69, 9.17) is 0 Å². The predicted octanol–water partition coefficient (Wildman–Crippen LogP) is 14.9. The van der Waals surface area contributed by atoms with Crippen LogP contribution >= 0.6 is 0 Å². The summed E-state index contributed by atoms with van der Waals surface area (Å²) >= 11 is 0. The van der Waals surface area contributed by atoms with Crippen molar-refractivity contribution in [3.05, 3.63) is 166 Å². The highest BCUT2D eigenvalue weighted by Gasteiger charge is 2.18. The maximum absolute atomic E-state index is 4.00. The number of fused-ring (bicyclic) bond motifs is 3. The third kappa shape index (κ3) is 9.61. The molecular formula is C51H57N. The molecule has 1 aromatic heterocycles. The van der Waals surface area contributed by atoms with Gasteiger partial charge in [-0.25, -0.2) is 0 Å². The van der Waals surface area contributed by atoms with Crippen LogP contribution in [0.4, 0.5) is 0 Å². The minimum atomic E-state index is 0.409. The van der Waals surface area contributed by atoms with E-state index in [9.17, 15) is 0 Å². The van der Waals surface area contributed by atoms with Crippen molar-refractivity contribution in [2.24, 2.45) is 5.92 Å². The Morgan fingerprint density at radius 3 is 2.08 bits per heavy atom. The van der Waals surface area contributed by atoms with Crippen LogP contribution in [0.2, 0.25) is 0 Å². The lowest BCUT2D eigenvalue weighted by atomic mass is 9.86. The van der Waals surface area contributed by atoms with Gasteiger partial charge < -0.3 is 4.98 Å². The average molecular weight is 684 g/mol. The Morgan fingerprint density at radius 1 is 0.769 bits per heavy atom. The maximum Gasteiger partial charge on any atom is 0.0547 e. The number of benzene rings is 4. The number of hydrogen-bond acceptors (Lipinski definition) is 0. The summed E-state index contributed by atoms with van der Waals surface area (Å²) in [6, 6.07) is 24.5. The smallest absolute Gasteiger partial charge is 0.0547 e. The first-order chi connectivity index (χ1) is 25.3. The van der Waals surface area contributed by atoms with Gasteiger partial charge in [-0.1, -0.05) is 124 Å². The summed E-state index contributed by atoms with van der Waals surface area (Å²) in [5.41, 5.74) is 18.6. The fraction of sp³-hybridized carbons (Fsp3) is 0.235. The summed E-state index contributed by atoms with van der Waals surface area (Å²) in [5, 5.41) is 3.88. The molecule has 1 unspecified atom stereocenters. The first-order valence-corrected chi connectivity index (χ1v) is 18.6. The van der Waals surface area contributed by atoms with Gasteiger partial charge in [0.2, 0.25) is 0 Å². The second-order valence-corrected chi connectivity index (χ2v) is 12.7. The molecule has 0 spiro atoms. The van der Waals surface area contributed by atoms with Crippen molar-refractivity contribution in [3.8, 4) is 35.1 Å². The van der Waals surface area contributed by atoms with Gasteiger partial charge in [0.1, 0.15) is 0 Å². The zero-order valence-corrected chi connectivity index (χ0v) is 33.1. The van der Waals surface area contributed by atoms with Gasteiger partial charge in [0.25, 0.3) is 0 Å². The normalized spacial score (nSPS) is 13.9. The molecule has 266 valence electrons. The molecule has 1 aliphatic carbocycles. The number of rotatable bonds is 7. The molecular weight excluding hydrogens is 627 g/mol. The van der Waals surface area contributed by atoms with Gasteiger partial charge in [0.15, 0.2) is 0 Å². The zero-order valence-electron chi connectivity index (χ0n) is 33.1. The Morgan fingerprint density at radius 2 is 1.44 bits per heavy atom. The molecule has 1 N–H and O–H groups in total. The van der Waals surface area contributed by atoms with Crippen LogP contribution in [0.15, 0.2) is 138 Å². The molecule has 4 aromatic carbocycles. The molecule has 0 aliphatic heterocycles. The molecule has 1 heteroatoms. The number of allylic oxidation sites excluding steroid dienone is 10. The van der Waals surface area contributed by atoms with Crippen LogP contribution < -0.4 is 0 Å². The summed E-state index contributed by atoms with van der Waals surface area (Å²) < 4.78 is 0. The van der Waals surface area contributed by atoms with Gasteiger partial charge in [0, 0.05) is 22.6 Å². The molecule has 6 rings (SSSR count). The standard InChI is InChI=1S/C33H31N.C14H18.C2H6.C2H2/c1-6-7-8-14-25-19-31-28-17-12-11-16-27(28)24(5)32(33(31)34-25)30-20-29(22(3)18-23(30)4)26-15-10-9-13-21(26)2;1-4-6-7-13(5-2)14-10-8-12(3)9-11-14;2*1-2/h6-20,34H,1-5H3;5-8,10-11,14H,4H2,1-3H3;1-2H3;1-2H/b7-6-,14-8-;7-6-,13-5+;;. The van der Waals surface area contributed by atoms with E-state index in [1.165, 1.54) is 77.3 Å². The minimum Gasteiger partial charge on any atom is -0.354 e. The number of nitrogens with one attached hydrogen (secondary N) is 1. The Hall–Kier alpha value is -5.54. The molecule has 0 saturated heterocycles. The van der Waals surface area contributed by atoms with E-state index in [0.29, 0.717) is 5.92 Å². The van der Waals surface area contributed by atoms with Crippen LogP contribution in [0, 0.1) is 46.5 Å². The highest BCUT2D eigenvalue weighted by atomic mass is 14.7. The van der Waals surface area contributed by atoms with Crippen LogP contribution in [-0.4, -0.2) is 4.98 Å². The fourth-order valence-electron chi connectivity index (χ4n) is 6.67. The third-order valence-corrected chi connectivity index (χ3v) is 9.25. The molecule has 0 radical (unpaired) electrons. The van der Waals surface area contributed by atoms with Crippen LogP contribution in [-0.2, 0) is 0 Å². The highest BCUT2D eigenvalue weighted by Crippen LogP contribution is 2.42. The van der Waals surface area contributed by atoms with Gasteiger partial charge in [-0.15, -0.1) is 18.6 Å². The Labute approximate surface area is 314 Å². The predicted molar refractivity (Wildman–Crippen MR) is 234 cm³/mol. The Bertz CT molecular complexity index is 2210. The Balaban J connectivity index is 0.000000340. The molecule has 0 fully saturated rings. The molecule has 5 aromatic rings. The topological polar surface area (TPSA) is 15.8 Å². The lowest BCUT2D eigenvalue weighted by Gasteiger charge is -2.18. The first-order valence-electron chi connectivity index (χ1n) is 18.6. The quantitative estimate of drug-likeness (QED) is 0.0998. The van der Waals surface area contributed by atoms with E-state index in [0.717, 1.165) is 12.1 Å². The molecule has 0 amide bonds. The molecule has 0 bridgehead atoms. The van der Waals surface area contributed by atoms with Gasteiger partial charge in [0.05, 0.1) is 5.52 Å². The van der Waals surface area contributed by atoms with E-state index in [1.54, 1.807) is 0 Å². The molecule has 0 saturated carbocycles. The van der Waals surface area contributed by atoms with Crippen LogP contribution in [0.1, 0.15) is 75.9 Å². The van der Waals surface area contributed by atoms with Crippen molar-refractivity contribution in [1.82, 2.24) is 4.98 Å². The van der Waals surface area contributed by atoms with Crippen molar-refractivity contribution in [3.63, 3.8) is 0 Å². The van der Waals surface area contributed by atoms with Crippen molar-refractivity contribution in [1.29, 1.82) is 0 Å². The van der Waals surface area contributed by atoms with Crippen molar-refractivity contribution >= 4 is 27.8 Å². The van der Waals surface area contributed by atoms with Crippen molar-refractivity contribution in [2.75, 3.05) is 0 Å². The summed E-state index contributed by atoms with van der Waals surface area (Å²) in [6.45, 7) is 21.3. The fourth-order valence-corrected chi connectivity index (χ4v) is 6.67. The summed E-state index contributed by atoms with van der Waals surface area (Å²) in [5.74, 6) is 0.409. The SMILES string of the molecule is C#C.C/C=C(\C=C/CC)C1C=C=C(C)C=C1.C/C=C\C=C/c1cc2c([nH]1)c(-c1cc(-c3ccccc3C)c(C)cc1C)c(C)c1ccccc12.CC. The van der Waals surface area contributed by atoms with Gasteiger partial charge in [-0.2, -0.15) is 0 Å². The van der Waals surface area contributed by atoms with Crippen LogP contribution in [0.25, 0.3) is 50.0 Å². The number of aromatic amines is 1. The van der Waals surface area contributed by atoms with E-state index in [2.05, 4.69) is 193 Å². The molecule has 52 heavy (non-hydrogen) atoms. The highest BCUT2D eigenvalue weighted by molar-refractivity contribution is 6.15. The van der Waals surface area contributed by atoms with E-state index in [1.807, 2.05) is 26.8 Å². The largest absolute Gasteiger partial charge is 0.354 e. The number of aromatic nitrogens is 1. The lowest BCUT2D eigenvalue weighted by Crippen LogP contribution is -1.96.